The van der Waals surface area contributed by atoms with Crippen molar-refractivity contribution in [3.8, 4) is 0 Å². The van der Waals surface area contributed by atoms with E-state index in [1.54, 1.807) is 6.08 Å². The summed E-state index contributed by atoms with van der Waals surface area (Å²) in [5.74, 6) is 0. The fourth-order valence-electron chi connectivity index (χ4n) is 1.27. The fraction of sp³-hybridized carbons (Fsp3) is 0.100. The molecule has 0 spiro atoms. The summed E-state index contributed by atoms with van der Waals surface area (Å²) in [4.78, 5) is 15.7. The summed E-state index contributed by atoms with van der Waals surface area (Å²) < 4.78 is 0. The van der Waals surface area contributed by atoms with Gasteiger partial charge in [-0.2, -0.15) is 5.06 Å². The molecule has 1 unspecified atom stereocenters. The lowest BCUT2D eigenvalue weighted by Gasteiger charge is -2.12. The topological polar surface area (TPSA) is 49.8 Å². The standard InChI is InChI=1S/C10H9NO3/c12-10(13)11-7-6-9(14-11)8-4-2-1-3-5-8/h1-7,9H,(H,12,13). The van der Waals surface area contributed by atoms with Crippen LogP contribution in [0.3, 0.4) is 0 Å². The molecular formula is C10H9NO3. The van der Waals surface area contributed by atoms with Crippen LogP contribution < -0.4 is 0 Å². The predicted molar refractivity (Wildman–Crippen MR) is 49.3 cm³/mol. The third-order valence-electron chi connectivity index (χ3n) is 1.94. The van der Waals surface area contributed by atoms with Crippen LogP contribution in [-0.2, 0) is 4.84 Å². The Labute approximate surface area is 81.0 Å². The maximum Gasteiger partial charge on any atom is 0.435 e. The Balaban J connectivity index is 2.11. The first-order valence-electron chi connectivity index (χ1n) is 4.19. The van der Waals surface area contributed by atoms with E-state index in [0.717, 1.165) is 10.6 Å². The van der Waals surface area contributed by atoms with E-state index in [9.17, 15) is 4.79 Å². The molecule has 72 valence electrons. The maximum atomic E-state index is 10.5. The number of amides is 1. The Morgan fingerprint density at radius 1 is 1.36 bits per heavy atom. The first-order chi connectivity index (χ1) is 6.77. The van der Waals surface area contributed by atoms with Gasteiger partial charge in [0.2, 0.25) is 0 Å². The van der Waals surface area contributed by atoms with Gasteiger partial charge in [0.1, 0.15) is 6.10 Å². The van der Waals surface area contributed by atoms with E-state index in [2.05, 4.69) is 0 Å². The van der Waals surface area contributed by atoms with E-state index in [-0.39, 0.29) is 6.10 Å². The zero-order valence-corrected chi connectivity index (χ0v) is 7.33. The number of benzene rings is 1. The predicted octanol–water partition coefficient (Wildman–Crippen LogP) is 2.17. The molecule has 0 fully saturated rings. The normalized spacial score (nSPS) is 20.0. The zero-order chi connectivity index (χ0) is 9.97. The van der Waals surface area contributed by atoms with Crippen LogP contribution in [-0.4, -0.2) is 16.3 Å². The van der Waals surface area contributed by atoms with Crippen LogP contribution in [0.25, 0.3) is 0 Å². The Morgan fingerprint density at radius 3 is 2.64 bits per heavy atom. The molecular weight excluding hydrogens is 182 g/mol. The molecule has 0 radical (unpaired) electrons. The number of hydrogen-bond acceptors (Lipinski definition) is 2. The van der Waals surface area contributed by atoms with Crippen LogP contribution in [0.4, 0.5) is 4.79 Å². The SMILES string of the molecule is O=C(O)N1C=CC(c2ccccc2)O1. The van der Waals surface area contributed by atoms with E-state index in [0.29, 0.717) is 0 Å². The van der Waals surface area contributed by atoms with Crippen molar-refractivity contribution in [2.75, 3.05) is 0 Å². The lowest BCUT2D eigenvalue weighted by atomic mass is 10.1. The molecule has 1 aliphatic heterocycles. The summed E-state index contributed by atoms with van der Waals surface area (Å²) in [6, 6.07) is 9.45. The van der Waals surface area contributed by atoms with Gasteiger partial charge in [-0.15, -0.1) is 0 Å². The molecule has 2 rings (SSSR count). The molecule has 0 saturated heterocycles. The molecule has 1 heterocycles. The van der Waals surface area contributed by atoms with Crippen molar-refractivity contribution in [2.45, 2.75) is 6.10 Å². The number of rotatable bonds is 1. The maximum absolute atomic E-state index is 10.5. The van der Waals surface area contributed by atoms with Gasteiger partial charge in [0.15, 0.2) is 0 Å². The Hall–Kier alpha value is -1.81. The smallest absolute Gasteiger partial charge is 0.435 e. The van der Waals surface area contributed by atoms with Crippen molar-refractivity contribution >= 4 is 6.09 Å². The second-order valence-electron chi connectivity index (χ2n) is 2.89. The van der Waals surface area contributed by atoms with Gasteiger partial charge in [0, 0.05) is 6.20 Å². The van der Waals surface area contributed by atoms with Gasteiger partial charge in [-0.3, -0.25) is 4.84 Å². The van der Waals surface area contributed by atoms with Crippen LogP contribution in [0.15, 0.2) is 42.6 Å². The molecule has 14 heavy (non-hydrogen) atoms. The summed E-state index contributed by atoms with van der Waals surface area (Å²) in [6.45, 7) is 0. The van der Waals surface area contributed by atoms with Crippen molar-refractivity contribution in [1.29, 1.82) is 0 Å². The summed E-state index contributed by atoms with van der Waals surface area (Å²) >= 11 is 0. The highest BCUT2D eigenvalue weighted by atomic mass is 16.7. The molecule has 4 nitrogen and oxygen atoms in total. The van der Waals surface area contributed by atoms with E-state index in [4.69, 9.17) is 9.94 Å². The highest BCUT2D eigenvalue weighted by molar-refractivity contribution is 5.65. The monoisotopic (exact) mass is 191 g/mol. The summed E-state index contributed by atoms with van der Waals surface area (Å²) in [5, 5.41) is 9.43. The highest BCUT2D eigenvalue weighted by Gasteiger charge is 2.22. The van der Waals surface area contributed by atoms with E-state index >= 15 is 0 Å². The van der Waals surface area contributed by atoms with Gasteiger partial charge in [-0.05, 0) is 11.6 Å². The van der Waals surface area contributed by atoms with Gasteiger partial charge in [-0.25, -0.2) is 4.79 Å². The highest BCUT2D eigenvalue weighted by Crippen LogP contribution is 2.25. The second-order valence-corrected chi connectivity index (χ2v) is 2.89. The van der Waals surface area contributed by atoms with Crippen molar-refractivity contribution < 1.29 is 14.7 Å². The van der Waals surface area contributed by atoms with Gasteiger partial charge in [0.05, 0.1) is 0 Å². The Bertz CT molecular complexity index is 361. The third-order valence-corrected chi connectivity index (χ3v) is 1.94. The number of hydroxylamine groups is 2. The average Bonchev–Trinajstić information content (AvgIpc) is 2.68. The molecule has 1 aliphatic rings. The molecule has 4 heteroatoms. The third kappa shape index (κ3) is 1.60. The molecule has 1 N–H and O–H groups in total. The zero-order valence-electron chi connectivity index (χ0n) is 7.33. The molecule has 1 aromatic carbocycles. The van der Waals surface area contributed by atoms with Crippen LogP contribution in [0.5, 0.6) is 0 Å². The van der Waals surface area contributed by atoms with Crippen molar-refractivity contribution in [3.05, 3.63) is 48.2 Å². The number of hydrogen-bond donors (Lipinski definition) is 1. The number of nitrogens with zero attached hydrogens (tertiary/aromatic N) is 1. The minimum atomic E-state index is -1.11. The largest absolute Gasteiger partial charge is 0.463 e. The van der Waals surface area contributed by atoms with Gasteiger partial charge < -0.3 is 5.11 Å². The second kappa shape index (κ2) is 3.51. The molecule has 1 aromatic rings. The fourth-order valence-corrected chi connectivity index (χ4v) is 1.27. The lowest BCUT2D eigenvalue weighted by molar-refractivity contribution is -0.106. The van der Waals surface area contributed by atoms with Crippen molar-refractivity contribution in [2.24, 2.45) is 0 Å². The molecule has 0 bridgehead atoms. The summed E-state index contributed by atoms with van der Waals surface area (Å²) in [7, 11) is 0. The van der Waals surface area contributed by atoms with Crippen molar-refractivity contribution in [3.63, 3.8) is 0 Å². The minimum Gasteiger partial charge on any atom is -0.463 e. The van der Waals surface area contributed by atoms with Crippen LogP contribution >= 0.6 is 0 Å². The Morgan fingerprint density at radius 2 is 2.07 bits per heavy atom. The average molecular weight is 191 g/mol. The Kier molecular flexibility index (Phi) is 2.20. The molecule has 1 amide bonds. The molecule has 1 atom stereocenters. The molecule has 0 aromatic heterocycles. The first-order valence-corrected chi connectivity index (χ1v) is 4.19. The molecule has 0 aliphatic carbocycles. The van der Waals surface area contributed by atoms with E-state index in [1.165, 1.54) is 6.20 Å². The summed E-state index contributed by atoms with van der Waals surface area (Å²) in [5.41, 5.74) is 0.938. The number of carbonyl (C=O) groups is 1. The van der Waals surface area contributed by atoms with Gasteiger partial charge in [-0.1, -0.05) is 30.3 Å². The quantitative estimate of drug-likeness (QED) is 0.740. The van der Waals surface area contributed by atoms with E-state index < -0.39 is 6.09 Å². The van der Waals surface area contributed by atoms with E-state index in [1.807, 2.05) is 30.3 Å². The van der Waals surface area contributed by atoms with Crippen LogP contribution in [0.2, 0.25) is 0 Å². The van der Waals surface area contributed by atoms with Gasteiger partial charge >= 0.3 is 6.09 Å². The molecule has 0 saturated carbocycles. The lowest BCUT2D eigenvalue weighted by Crippen LogP contribution is -2.21. The van der Waals surface area contributed by atoms with Crippen molar-refractivity contribution in [1.82, 2.24) is 5.06 Å². The minimum absolute atomic E-state index is 0.299. The van der Waals surface area contributed by atoms with Gasteiger partial charge in [0.25, 0.3) is 0 Å². The van der Waals surface area contributed by atoms with Crippen LogP contribution in [0.1, 0.15) is 11.7 Å². The summed E-state index contributed by atoms with van der Waals surface area (Å²) in [6.07, 6.45) is 1.69. The first kappa shape index (κ1) is 8.77. The van der Waals surface area contributed by atoms with Crippen LogP contribution in [0, 0.1) is 0 Å². The number of carboxylic acid groups (broad SMARTS) is 1.